The Morgan fingerprint density at radius 3 is 2.74 bits per heavy atom. The Labute approximate surface area is 109 Å². The number of nitrogen functional groups attached to an aromatic ring is 1. The average molecular weight is 252 g/mol. The highest BCUT2D eigenvalue weighted by Gasteiger charge is 2.10. The van der Waals surface area contributed by atoms with Gasteiger partial charge in [-0.15, -0.1) is 15.0 Å². The summed E-state index contributed by atoms with van der Waals surface area (Å²) >= 11 is 0. The maximum atomic E-state index is 10.1. The van der Waals surface area contributed by atoms with Crippen molar-refractivity contribution >= 4 is 22.8 Å². The van der Waals surface area contributed by atoms with E-state index < -0.39 is 0 Å². The highest BCUT2D eigenvalue weighted by molar-refractivity contribution is 5.78. The first-order valence-corrected chi connectivity index (χ1v) is 5.76. The zero-order valence-electron chi connectivity index (χ0n) is 10.1. The number of rotatable bonds is 2. The standard InChI is InChI=1S/C14H12N4O/c1-2-9-4-3-5-13(14(9)19)18-16-11-7-6-10(15)8-12(11)17-18/h2-8,19H,1,15H2. The van der Waals surface area contributed by atoms with Crippen molar-refractivity contribution in [1.82, 2.24) is 15.0 Å². The van der Waals surface area contributed by atoms with Gasteiger partial charge in [-0.2, -0.15) is 0 Å². The van der Waals surface area contributed by atoms with Crippen LogP contribution in [-0.4, -0.2) is 20.1 Å². The number of anilines is 1. The molecular formula is C14H12N4O. The first-order valence-electron chi connectivity index (χ1n) is 5.76. The van der Waals surface area contributed by atoms with Crippen LogP contribution in [0.25, 0.3) is 22.8 Å². The molecule has 0 unspecified atom stereocenters. The van der Waals surface area contributed by atoms with E-state index >= 15 is 0 Å². The first-order chi connectivity index (χ1) is 9.19. The Morgan fingerprint density at radius 1 is 1.16 bits per heavy atom. The lowest BCUT2D eigenvalue weighted by Gasteiger charge is -2.05. The molecule has 0 aliphatic carbocycles. The quantitative estimate of drug-likeness (QED) is 0.686. The molecule has 0 bridgehead atoms. The van der Waals surface area contributed by atoms with Crippen LogP contribution >= 0.6 is 0 Å². The molecular weight excluding hydrogens is 240 g/mol. The summed E-state index contributed by atoms with van der Waals surface area (Å²) in [5.74, 6) is 0.103. The molecule has 0 amide bonds. The normalized spacial score (nSPS) is 10.7. The maximum absolute atomic E-state index is 10.1. The topological polar surface area (TPSA) is 77.0 Å². The van der Waals surface area contributed by atoms with Crippen LogP contribution in [0.5, 0.6) is 5.75 Å². The molecule has 5 heteroatoms. The summed E-state index contributed by atoms with van der Waals surface area (Å²) in [6.07, 6.45) is 1.58. The number of benzene rings is 2. The van der Waals surface area contributed by atoms with Crippen molar-refractivity contribution in [1.29, 1.82) is 0 Å². The summed E-state index contributed by atoms with van der Waals surface area (Å²) in [5, 5.41) is 18.8. The lowest BCUT2D eigenvalue weighted by atomic mass is 10.2. The van der Waals surface area contributed by atoms with Crippen LogP contribution in [0.1, 0.15) is 5.56 Å². The van der Waals surface area contributed by atoms with Crippen molar-refractivity contribution in [3.63, 3.8) is 0 Å². The molecule has 0 atom stereocenters. The molecule has 3 aromatic rings. The summed E-state index contributed by atoms with van der Waals surface area (Å²) in [4.78, 5) is 1.40. The Hall–Kier alpha value is -2.82. The van der Waals surface area contributed by atoms with E-state index in [0.29, 0.717) is 22.5 Å². The molecule has 0 aliphatic heterocycles. The number of aromatic hydroxyl groups is 1. The van der Waals surface area contributed by atoms with E-state index in [0.717, 1.165) is 5.52 Å². The van der Waals surface area contributed by atoms with Gasteiger partial charge in [-0.25, -0.2) is 0 Å². The first kappa shape index (κ1) is 11.3. The predicted octanol–water partition coefficient (Wildman–Crippen LogP) is 2.35. The van der Waals surface area contributed by atoms with Crippen LogP contribution in [0.3, 0.4) is 0 Å². The Morgan fingerprint density at radius 2 is 1.95 bits per heavy atom. The van der Waals surface area contributed by atoms with Crippen molar-refractivity contribution in [3.8, 4) is 11.4 Å². The zero-order valence-corrected chi connectivity index (χ0v) is 10.1. The minimum Gasteiger partial charge on any atom is -0.505 e. The van der Waals surface area contributed by atoms with Gasteiger partial charge in [-0.1, -0.05) is 24.8 Å². The minimum absolute atomic E-state index is 0.103. The molecule has 3 rings (SSSR count). The molecule has 19 heavy (non-hydrogen) atoms. The van der Waals surface area contributed by atoms with Crippen LogP contribution in [-0.2, 0) is 0 Å². The molecule has 1 aromatic heterocycles. The molecule has 5 nitrogen and oxygen atoms in total. The lowest BCUT2D eigenvalue weighted by molar-refractivity contribution is 0.466. The molecule has 3 N–H and O–H groups in total. The number of hydrogen-bond acceptors (Lipinski definition) is 4. The molecule has 94 valence electrons. The number of nitrogens with two attached hydrogens (primary N) is 1. The fourth-order valence-electron chi connectivity index (χ4n) is 1.91. The van der Waals surface area contributed by atoms with E-state index in [9.17, 15) is 5.11 Å². The van der Waals surface area contributed by atoms with Gasteiger partial charge in [0, 0.05) is 11.3 Å². The molecule has 0 saturated heterocycles. The Kier molecular flexibility index (Phi) is 2.45. The van der Waals surface area contributed by atoms with Crippen molar-refractivity contribution in [2.24, 2.45) is 0 Å². The zero-order chi connectivity index (χ0) is 13.4. The van der Waals surface area contributed by atoms with Gasteiger partial charge >= 0.3 is 0 Å². The van der Waals surface area contributed by atoms with Crippen molar-refractivity contribution < 1.29 is 5.11 Å². The molecule has 0 radical (unpaired) electrons. The fraction of sp³-hybridized carbons (Fsp3) is 0. The van der Waals surface area contributed by atoms with E-state index in [1.165, 1.54) is 4.80 Å². The monoisotopic (exact) mass is 252 g/mol. The van der Waals surface area contributed by atoms with E-state index in [-0.39, 0.29) is 5.75 Å². The third-order valence-corrected chi connectivity index (χ3v) is 2.89. The van der Waals surface area contributed by atoms with Crippen LogP contribution < -0.4 is 5.73 Å². The summed E-state index contributed by atoms with van der Waals surface area (Å²) in [5.41, 5.74) is 8.88. The van der Waals surface area contributed by atoms with Gasteiger partial charge < -0.3 is 10.8 Å². The molecule has 0 aliphatic rings. The highest BCUT2D eigenvalue weighted by atomic mass is 16.3. The van der Waals surface area contributed by atoms with E-state index in [1.54, 1.807) is 36.4 Å². The van der Waals surface area contributed by atoms with Crippen LogP contribution in [0.4, 0.5) is 5.69 Å². The van der Waals surface area contributed by atoms with Crippen LogP contribution in [0, 0.1) is 0 Å². The SMILES string of the molecule is C=Cc1cccc(-n2nc3ccc(N)cc3n2)c1O. The summed E-state index contributed by atoms with van der Waals surface area (Å²) in [7, 11) is 0. The van der Waals surface area contributed by atoms with Gasteiger partial charge in [0.15, 0.2) is 0 Å². The van der Waals surface area contributed by atoms with Crippen molar-refractivity contribution in [2.45, 2.75) is 0 Å². The van der Waals surface area contributed by atoms with Crippen molar-refractivity contribution in [3.05, 3.63) is 48.5 Å². The van der Waals surface area contributed by atoms with Crippen LogP contribution in [0.2, 0.25) is 0 Å². The van der Waals surface area contributed by atoms with E-state index in [2.05, 4.69) is 16.8 Å². The molecule has 2 aromatic carbocycles. The third kappa shape index (κ3) is 1.81. The van der Waals surface area contributed by atoms with E-state index in [4.69, 9.17) is 5.73 Å². The number of fused-ring (bicyclic) bond motifs is 1. The summed E-state index contributed by atoms with van der Waals surface area (Å²) < 4.78 is 0. The Balaban J connectivity index is 2.21. The molecule has 1 heterocycles. The Bertz CT molecular complexity index is 776. The minimum atomic E-state index is 0.103. The largest absolute Gasteiger partial charge is 0.505 e. The number of para-hydroxylation sites is 1. The van der Waals surface area contributed by atoms with Gasteiger partial charge in [0.25, 0.3) is 0 Å². The number of phenols is 1. The number of aromatic nitrogens is 3. The number of hydrogen-bond donors (Lipinski definition) is 2. The summed E-state index contributed by atoms with van der Waals surface area (Å²) in [6, 6.07) is 10.6. The second-order valence-electron chi connectivity index (χ2n) is 4.16. The predicted molar refractivity (Wildman–Crippen MR) is 75.0 cm³/mol. The molecule has 0 spiro atoms. The molecule has 0 fully saturated rings. The smallest absolute Gasteiger partial charge is 0.150 e. The lowest BCUT2D eigenvalue weighted by Crippen LogP contribution is -1.99. The van der Waals surface area contributed by atoms with Gasteiger partial charge in [0.1, 0.15) is 22.5 Å². The maximum Gasteiger partial charge on any atom is 0.150 e. The van der Waals surface area contributed by atoms with Gasteiger partial charge in [0.05, 0.1) is 0 Å². The third-order valence-electron chi connectivity index (χ3n) is 2.89. The number of phenolic OH excluding ortho intramolecular Hbond substituents is 1. The highest BCUT2D eigenvalue weighted by Crippen LogP contribution is 2.26. The van der Waals surface area contributed by atoms with Gasteiger partial charge in [-0.3, -0.25) is 0 Å². The van der Waals surface area contributed by atoms with E-state index in [1.807, 2.05) is 6.07 Å². The second kappa shape index (κ2) is 4.13. The summed E-state index contributed by atoms with van der Waals surface area (Å²) in [6.45, 7) is 3.65. The van der Waals surface area contributed by atoms with Gasteiger partial charge in [-0.05, 0) is 24.3 Å². The fourth-order valence-corrected chi connectivity index (χ4v) is 1.91. The van der Waals surface area contributed by atoms with Gasteiger partial charge in [0.2, 0.25) is 0 Å². The number of nitrogens with zero attached hydrogens (tertiary/aromatic N) is 3. The van der Waals surface area contributed by atoms with Crippen molar-refractivity contribution in [2.75, 3.05) is 5.73 Å². The second-order valence-corrected chi connectivity index (χ2v) is 4.16. The average Bonchev–Trinajstić information content (AvgIpc) is 2.81. The molecule has 0 saturated carbocycles. The van der Waals surface area contributed by atoms with Crippen LogP contribution in [0.15, 0.2) is 43.0 Å².